The van der Waals surface area contributed by atoms with E-state index in [1.54, 1.807) is 0 Å². The van der Waals surface area contributed by atoms with Gasteiger partial charge in [-0.2, -0.15) is 0 Å². The van der Waals surface area contributed by atoms with E-state index in [0.29, 0.717) is 5.33 Å². The zero-order valence-corrected chi connectivity index (χ0v) is 27.3. The van der Waals surface area contributed by atoms with E-state index in [1.807, 2.05) is 0 Å². The Morgan fingerprint density at radius 2 is 1.05 bits per heavy atom. The van der Waals surface area contributed by atoms with Crippen LogP contribution in [0.5, 0.6) is 0 Å². The third-order valence-electron chi connectivity index (χ3n) is 8.43. The first kappa shape index (κ1) is 28.8. The highest BCUT2D eigenvalue weighted by Crippen LogP contribution is 2.76. The second-order valence-electron chi connectivity index (χ2n) is 14.3. The summed E-state index contributed by atoms with van der Waals surface area (Å²) in [5.41, 5.74) is 9.70. The van der Waals surface area contributed by atoms with Crippen LogP contribution < -0.4 is 0 Å². The van der Waals surface area contributed by atoms with E-state index >= 15 is 4.57 Å². The van der Waals surface area contributed by atoms with Crippen LogP contribution in [0.2, 0.25) is 0 Å². The molecule has 5 heteroatoms. The maximum Gasteiger partial charge on any atom is 0.350 e. The molecule has 0 N–H and O–H groups in total. The molecule has 0 unspecified atom stereocenters. The first-order valence-electron chi connectivity index (χ1n) is 13.9. The molecule has 2 aliphatic heterocycles. The van der Waals surface area contributed by atoms with Crippen molar-refractivity contribution >= 4 is 23.5 Å². The number of benzene rings is 3. The van der Waals surface area contributed by atoms with Crippen molar-refractivity contribution in [2.75, 3.05) is 0 Å². The van der Waals surface area contributed by atoms with Crippen molar-refractivity contribution in [3.05, 3.63) is 105 Å². The van der Waals surface area contributed by atoms with E-state index in [2.05, 4.69) is 133 Å². The summed E-state index contributed by atoms with van der Waals surface area (Å²) in [5.74, 6) is 0. The van der Waals surface area contributed by atoms with Crippen molar-refractivity contribution in [3.63, 3.8) is 0 Å². The highest BCUT2D eigenvalue weighted by atomic mass is 79.9. The highest BCUT2D eigenvalue weighted by Gasteiger charge is 2.62. The van der Waals surface area contributed by atoms with Crippen molar-refractivity contribution in [2.24, 2.45) is 0 Å². The highest BCUT2D eigenvalue weighted by molar-refractivity contribution is 9.08. The van der Waals surface area contributed by atoms with Gasteiger partial charge in [-0.05, 0) is 66.3 Å². The molecule has 0 bridgehead atoms. The summed E-state index contributed by atoms with van der Waals surface area (Å²) in [5, 5.41) is -0.446. The van der Waals surface area contributed by atoms with Crippen molar-refractivity contribution in [2.45, 2.75) is 102 Å². The molecule has 0 spiro atoms. The van der Waals surface area contributed by atoms with E-state index in [9.17, 15) is 0 Å². The lowest BCUT2D eigenvalue weighted by Gasteiger charge is -2.49. The Kier molecular flexibility index (Phi) is 6.95. The topological polar surface area (TPSA) is 35.5 Å². The van der Waals surface area contributed by atoms with Gasteiger partial charge in [-0.15, -0.1) is 0 Å². The molecule has 2 aliphatic rings. The number of halogens is 1. The predicted octanol–water partition coefficient (Wildman–Crippen LogP) is 10.0. The smallest absolute Gasteiger partial charge is 0.303 e. The van der Waals surface area contributed by atoms with Gasteiger partial charge in [-0.3, -0.25) is 4.57 Å². The first-order valence-corrected chi connectivity index (χ1v) is 16.6. The van der Waals surface area contributed by atoms with E-state index < -0.39 is 12.8 Å². The molecule has 3 nitrogen and oxygen atoms in total. The summed E-state index contributed by atoms with van der Waals surface area (Å²) < 4.78 is 28.2. The lowest BCUT2D eigenvalue weighted by Crippen LogP contribution is -2.40. The molecule has 39 heavy (non-hydrogen) atoms. The Labute approximate surface area is 243 Å². The molecule has 2 heterocycles. The normalized spacial score (nSPS) is 23.1. The Balaban J connectivity index is 2.02. The number of hydrogen-bond acceptors (Lipinski definition) is 3. The van der Waals surface area contributed by atoms with Crippen LogP contribution in [0.15, 0.2) is 54.6 Å². The van der Waals surface area contributed by atoms with E-state index in [-0.39, 0.29) is 29.5 Å². The number of alkyl halides is 1. The lowest BCUT2D eigenvalue weighted by molar-refractivity contribution is 0.160. The maximum absolute atomic E-state index is 15.4. The van der Waals surface area contributed by atoms with Gasteiger partial charge in [0.1, 0.15) is 5.16 Å². The third kappa shape index (κ3) is 4.60. The van der Waals surface area contributed by atoms with Gasteiger partial charge in [0.05, 0.1) is 13.2 Å². The van der Waals surface area contributed by atoms with Gasteiger partial charge in [0.25, 0.3) is 0 Å². The Morgan fingerprint density at radius 1 is 0.667 bits per heavy atom. The third-order valence-corrected chi connectivity index (χ3v) is 11.5. The standard InChI is InChI=1S/C34H42BrO3P/c1-31(2,3)25-13-10-22(19-35)28(16-25)34-29-17-26(32(4,5)6)14-11-23(29)20-37-39(34,36)38-21-24-12-15-27(18-30(24)34)33(7,8)9/h10-18H,19-21H2,1-9H3. The van der Waals surface area contributed by atoms with Crippen LogP contribution in [-0.2, 0) is 53.6 Å². The number of fused-ring (bicyclic) bond motifs is 5. The quantitative estimate of drug-likeness (QED) is 0.214. The first-order chi connectivity index (χ1) is 18.0. The summed E-state index contributed by atoms with van der Waals surface area (Å²) >= 11 is 3.78. The zero-order valence-electron chi connectivity index (χ0n) is 24.9. The monoisotopic (exact) mass is 608 g/mol. The van der Waals surface area contributed by atoms with E-state index in [0.717, 1.165) is 33.4 Å². The van der Waals surface area contributed by atoms with Crippen molar-refractivity contribution in [1.29, 1.82) is 0 Å². The second-order valence-corrected chi connectivity index (χ2v) is 17.0. The van der Waals surface area contributed by atoms with Gasteiger partial charge >= 0.3 is 7.60 Å². The second kappa shape index (κ2) is 9.41. The minimum absolute atomic E-state index is 0.0738. The molecule has 0 aliphatic carbocycles. The minimum Gasteiger partial charge on any atom is -0.303 e. The number of hydrogen-bond donors (Lipinski definition) is 0. The van der Waals surface area contributed by atoms with Crippen molar-refractivity contribution < 1.29 is 13.6 Å². The molecule has 5 rings (SSSR count). The molecule has 3 aromatic rings. The molecule has 3 aromatic carbocycles. The van der Waals surface area contributed by atoms with Gasteiger partial charge in [-0.1, -0.05) is 133 Å². The van der Waals surface area contributed by atoms with Gasteiger partial charge < -0.3 is 9.05 Å². The molecule has 0 atom stereocenters. The minimum atomic E-state index is -3.71. The van der Waals surface area contributed by atoms with Crippen LogP contribution in [0, 0.1) is 0 Å². The molecule has 208 valence electrons. The fraction of sp³-hybridized carbons (Fsp3) is 0.471. The van der Waals surface area contributed by atoms with E-state index in [4.69, 9.17) is 9.05 Å². The summed E-state index contributed by atoms with van der Waals surface area (Å²) in [6.45, 7) is 20.6. The largest absolute Gasteiger partial charge is 0.350 e. The van der Waals surface area contributed by atoms with Crippen molar-refractivity contribution in [3.8, 4) is 0 Å². The fourth-order valence-corrected chi connectivity index (χ4v) is 9.00. The SMILES string of the molecule is CC(C)(C)c1ccc(CBr)c(C23c4cc(C(C)(C)C)ccc4COP2(=O)OCc2ccc(C(C)(C)C)cc23)c1. The van der Waals surface area contributed by atoms with Crippen LogP contribution >= 0.6 is 23.5 Å². The Bertz CT molecular complexity index is 1410. The predicted molar refractivity (Wildman–Crippen MR) is 165 cm³/mol. The molecule has 0 radical (unpaired) electrons. The summed E-state index contributed by atoms with van der Waals surface area (Å²) in [4.78, 5) is 0. The van der Waals surface area contributed by atoms with Gasteiger partial charge in [0.2, 0.25) is 0 Å². The lowest BCUT2D eigenvalue weighted by atomic mass is 9.73. The summed E-state index contributed by atoms with van der Waals surface area (Å²) in [7, 11) is -3.71. The molecule has 0 saturated carbocycles. The molecular weight excluding hydrogens is 567 g/mol. The van der Waals surface area contributed by atoms with Crippen LogP contribution in [0.25, 0.3) is 0 Å². The average molecular weight is 610 g/mol. The van der Waals surface area contributed by atoms with Crippen LogP contribution in [0.1, 0.15) is 112 Å². The maximum atomic E-state index is 15.4. The van der Waals surface area contributed by atoms with E-state index in [1.165, 1.54) is 16.7 Å². The Morgan fingerprint density at radius 3 is 1.44 bits per heavy atom. The van der Waals surface area contributed by atoms with Crippen LogP contribution in [0.4, 0.5) is 0 Å². The summed E-state index contributed by atoms with van der Waals surface area (Å²) in [6, 6.07) is 20.0. The average Bonchev–Trinajstić information content (AvgIpc) is 2.85. The zero-order chi connectivity index (χ0) is 28.6. The van der Waals surface area contributed by atoms with Crippen LogP contribution in [0.3, 0.4) is 0 Å². The van der Waals surface area contributed by atoms with Crippen molar-refractivity contribution in [1.82, 2.24) is 0 Å². The fourth-order valence-electron chi connectivity index (χ4n) is 5.93. The number of rotatable bonds is 2. The van der Waals surface area contributed by atoms with Gasteiger partial charge in [-0.25, -0.2) is 0 Å². The molecule has 0 aromatic heterocycles. The molecule has 0 saturated heterocycles. The van der Waals surface area contributed by atoms with Gasteiger partial charge in [0, 0.05) is 5.33 Å². The molecule has 0 amide bonds. The summed E-state index contributed by atoms with van der Waals surface area (Å²) in [6.07, 6.45) is 0. The Hall–Kier alpha value is -1.71. The van der Waals surface area contributed by atoms with Gasteiger partial charge in [0.15, 0.2) is 0 Å². The molecular formula is C34H42BrO3P. The van der Waals surface area contributed by atoms with Crippen LogP contribution in [-0.4, -0.2) is 0 Å². The molecule has 0 fully saturated rings.